The third kappa shape index (κ3) is 2.50. The molecule has 2 fully saturated rings. The molecule has 5 nitrogen and oxygen atoms in total. The molecule has 2 aliphatic carbocycles. The van der Waals surface area contributed by atoms with Crippen molar-refractivity contribution in [2.45, 2.75) is 32.2 Å². The second-order valence-electron chi connectivity index (χ2n) is 6.45. The summed E-state index contributed by atoms with van der Waals surface area (Å²) < 4.78 is 4.76. The Bertz CT molecular complexity index is 612. The number of carbonyl (C=O) groups excluding carboxylic acids is 2. The molecule has 4 unspecified atom stereocenters. The van der Waals surface area contributed by atoms with Gasteiger partial charge in [-0.25, -0.2) is 4.79 Å². The SMILES string of the molecule is COC(=O)c1cc(NC(=O)C2C3CCC(C3)C2N)ccc1C. The molecule has 118 valence electrons. The first-order valence-corrected chi connectivity index (χ1v) is 7.76. The highest BCUT2D eigenvalue weighted by molar-refractivity contribution is 5.96. The van der Waals surface area contributed by atoms with Crippen LogP contribution in [0, 0.1) is 24.7 Å². The van der Waals surface area contributed by atoms with Gasteiger partial charge in [-0.2, -0.15) is 0 Å². The molecule has 2 bridgehead atoms. The summed E-state index contributed by atoms with van der Waals surface area (Å²) in [6, 6.07) is 5.24. The van der Waals surface area contributed by atoms with Gasteiger partial charge in [0.05, 0.1) is 18.6 Å². The van der Waals surface area contributed by atoms with E-state index < -0.39 is 5.97 Å². The molecule has 1 aromatic rings. The predicted octanol–water partition coefficient (Wildman–Crippen LogP) is 2.09. The molecule has 22 heavy (non-hydrogen) atoms. The van der Waals surface area contributed by atoms with Gasteiger partial charge in [0.1, 0.15) is 0 Å². The van der Waals surface area contributed by atoms with Gasteiger partial charge in [-0.1, -0.05) is 6.07 Å². The van der Waals surface area contributed by atoms with E-state index >= 15 is 0 Å². The Labute approximate surface area is 130 Å². The van der Waals surface area contributed by atoms with Gasteiger partial charge < -0.3 is 15.8 Å². The Morgan fingerprint density at radius 1 is 1.27 bits per heavy atom. The van der Waals surface area contributed by atoms with Crippen LogP contribution in [0.2, 0.25) is 0 Å². The van der Waals surface area contributed by atoms with Crippen LogP contribution >= 0.6 is 0 Å². The highest BCUT2D eigenvalue weighted by Crippen LogP contribution is 2.47. The lowest BCUT2D eigenvalue weighted by Crippen LogP contribution is -2.42. The van der Waals surface area contributed by atoms with E-state index in [1.807, 2.05) is 13.0 Å². The first-order chi connectivity index (χ1) is 10.5. The van der Waals surface area contributed by atoms with Crippen LogP contribution in [-0.2, 0) is 9.53 Å². The number of esters is 1. The molecular weight excluding hydrogens is 280 g/mol. The predicted molar refractivity (Wildman–Crippen MR) is 83.4 cm³/mol. The van der Waals surface area contributed by atoms with Crippen molar-refractivity contribution in [1.82, 2.24) is 0 Å². The van der Waals surface area contributed by atoms with Gasteiger partial charge in [0.25, 0.3) is 0 Å². The molecule has 1 amide bonds. The number of nitrogens with one attached hydrogen (secondary N) is 1. The summed E-state index contributed by atoms with van der Waals surface area (Å²) in [7, 11) is 1.35. The maximum Gasteiger partial charge on any atom is 0.338 e. The molecule has 2 saturated carbocycles. The standard InChI is InChI=1S/C17H22N2O3/c1-9-3-6-12(8-13(9)17(21)22-2)19-16(20)14-10-4-5-11(7-10)15(14)18/h3,6,8,10-11,14-15H,4-5,7,18H2,1-2H3,(H,19,20). The molecule has 2 aliphatic rings. The molecule has 0 radical (unpaired) electrons. The first-order valence-electron chi connectivity index (χ1n) is 7.76. The average molecular weight is 302 g/mol. The number of aryl methyl sites for hydroxylation is 1. The number of anilines is 1. The van der Waals surface area contributed by atoms with Crippen molar-refractivity contribution in [2.24, 2.45) is 23.5 Å². The number of methoxy groups -OCH3 is 1. The molecule has 0 heterocycles. The Kier molecular flexibility index (Phi) is 3.91. The molecule has 0 spiro atoms. The molecule has 0 saturated heterocycles. The molecule has 3 rings (SSSR count). The van der Waals surface area contributed by atoms with Crippen LogP contribution in [0.15, 0.2) is 18.2 Å². The summed E-state index contributed by atoms with van der Waals surface area (Å²) in [5.74, 6) is 0.362. The lowest BCUT2D eigenvalue weighted by Gasteiger charge is -2.27. The minimum Gasteiger partial charge on any atom is -0.465 e. The van der Waals surface area contributed by atoms with Gasteiger partial charge in [0, 0.05) is 11.7 Å². The smallest absolute Gasteiger partial charge is 0.338 e. The quantitative estimate of drug-likeness (QED) is 0.838. The van der Waals surface area contributed by atoms with Crippen LogP contribution in [0.4, 0.5) is 5.69 Å². The number of nitrogens with two attached hydrogens (primary N) is 1. The average Bonchev–Trinajstić information content (AvgIpc) is 3.09. The van der Waals surface area contributed by atoms with Crippen LogP contribution < -0.4 is 11.1 Å². The Balaban J connectivity index is 1.76. The van der Waals surface area contributed by atoms with Crippen LogP contribution in [0.1, 0.15) is 35.2 Å². The van der Waals surface area contributed by atoms with E-state index in [0.717, 1.165) is 24.8 Å². The number of hydrogen-bond acceptors (Lipinski definition) is 4. The molecule has 4 atom stereocenters. The van der Waals surface area contributed by atoms with Gasteiger partial charge in [-0.05, 0) is 55.7 Å². The Hall–Kier alpha value is -1.88. The van der Waals surface area contributed by atoms with Crippen LogP contribution in [-0.4, -0.2) is 25.0 Å². The second kappa shape index (κ2) is 5.72. The summed E-state index contributed by atoms with van der Waals surface area (Å²) in [6.07, 6.45) is 3.31. The third-order valence-electron chi connectivity index (χ3n) is 5.19. The molecule has 1 aromatic carbocycles. The number of rotatable bonds is 3. The second-order valence-corrected chi connectivity index (χ2v) is 6.45. The number of amides is 1. The molecule has 0 aliphatic heterocycles. The highest BCUT2D eigenvalue weighted by Gasteiger charge is 2.49. The lowest BCUT2D eigenvalue weighted by molar-refractivity contribution is -0.121. The maximum absolute atomic E-state index is 12.5. The third-order valence-corrected chi connectivity index (χ3v) is 5.19. The number of benzene rings is 1. The summed E-state index contributed by atoms with van der Waals surface area (Å²) in [6.45, 7) is 1.84. The fourth-order valence-corrected chi connectivity index (χ4v) is 3.98. The molecule has 0 aromatic heterocycles. The van der Waals surface area contributed by atoms with Crippen molar-refractivity contribution in [3.63, 3.8) is 0 Å². The van der Waals surface area contributed by atoms with Crippen molar-refractivity contribution in [1.29, 1.82) is 0 Å². The van der Waals surface area contributed by atoms with E-state index in [4.69, 9.17) is 10.5 Å². The van der Waals surface area contributed by atoms with E-state index in [-0.39, 0.29) is 17.9 Å². The Morgan fingerprint density at radius 2 is 2.00 bits per heavy atom. The van der Waals surface area contributed by atoms with Crippen molar-refractivity contribution in [3.8, 4) is 0 Å². The van der Waals surface area contributed by atoms with E-state index in [9.17, 15) is 9.59 Å². The molecule has 3 N–H and O–H groups in total. The zero-order chi connectivity index (χ0) is 15.9. The number of carbonyl (C=O) groups is 2. The summed E-state index contributed by atoms with van der Waals surface area (Å²) >= 11 is 0. The minimum absolute atomic E-state index is 0.0284. The van der Waals surface area contributed by atoms with E-state index in [1.165, 1.54) is 7.11 Å². The largest absolute Gasteiger partial charge is 0.465 e. The number of hydrogen-bond donors (Lipinski definition) is 2. The van der Waals surface area contributed by atoms with E-state index in [1.54, 1.807) is 12.1 Å². The van der Waals surface area contributed by atoms with Crippen LogP contribution in [0.25, 0.3) is 0 Å². The fraction of sp³-hybridized carbons (Fsp3) is 0.529. The lowest BCUT2D eigenvalue weighted by atomic mass is 9.84. The van der Waals surface area contributed by atoms with E-state index in [2.05, 4.69) is 5.32 Å². The topological polar surface area (TPSA) is 81.4 Å². The van der Waals surface area contributed by atoms with Crippen LogP contribution in [0.3, 0.4) is 0 Å². The summed E-state index contributed by atoms with van der Waals surface area (Å²) in [5, 5.41) is 2.92. The van der Waals surface area contributed by atoms with Gasteiger partial charge in [0.15, 0.2) is 0 Å². The zero-order valence-corrected chi connectivity index (χ0v) is 13.0. The van der Waals surface area contributed by atoms with Gasteiger partial charge in [-0.3, -0.25) is 4.79 Å². The fourth-order valence-electron chi connectivity index (χ4n) is 3.98. The molecular formula is C17H22N2O3. The minimum atomic E-state index is -0.398. The zero-order valence-electron chi connectivity index (χ0n) is 13.0. The monoisotopic (exact) mass is 302 g/mol. The van der Waals surface area contributed by atoms with Crippen molar-refractivity contribution in [2.75, 3.05) is 12.4 Å². The van der Waals surface area contributed by atoms with Crippen LogP contribution in [0.5, 0.6) is 0 Å². The van der Waals surface area contributed by atoms with Crippen molar-refractivity contribution >= 4 is 17.6 Å². The van der Waals surface area contributed by atoms with Crippen molar-refractivity contribution in [3.05, 3.63) is 29.3 Å². The number of ether oxygens (including phenoxy) is 1. The first kappa shape index (κ1) is 15.0. The van der Waals surface area contributed by atoms with E-state index in [0.29, 0.717) is 23.1 Å². The summed E-state index contributed by atoms with van der Waals surface area (Å²) in [4.78, 5) is 24.3. The molecule has 5 heteroatoms. The van der Waals surface area contributed by atoms with Crippen molar-refractivity contribution < 1.29 is 14.3 Å². The normalized spacial score (nSPS) is 29.4. The van der Waals surface area contributed by atoms with Gasteiger partial charge >= 0.3 is 5.97 Å². The highest BCUT2D eigenvalue weighted by atomic mass is 16.5. The Morgan fingerprint density at radius 3 is 2.64 bits per heavy atom. The summed E-state index contributed by atoms with van der Waals surface area (Å²) in [5.41, 5.74) is 8.11. The van der Waals surface area contributed by atoms with Gasteiger partial charge in [0.2, 0.25) is 5.91 Å². The number of fused-ring (bicyclic) bond motifs is 2. The van der Waals surface area contributed by atoms with Gasteiger partial charge in [-0.15, -0.1) is 0 Å². The maximum atomic E-state index is 12.5.